The smallest absolute Gasteiger partial charge is 0.247 e. The van der Waals surface area contributed by atoms with Crippen LogP contribution in [0, 0.1) is 0 Å². The number of hydrogen-bond donors (Lipinski definition) is 1. The number of likely N-dealkylation sites (tertiary alicyclic amines) is 1. The number of nitrogens with zero attached hydrogens (tertiary/aromatic N) is 2. The molecule has 2 unspecified atom stereocenters. The van der Waals surface area contributed by atoms with Crippen LogP contribution in [0.15, 0.2) is 0 Å². The lowest BCUT2D eigenvalue weighted by Gasteiger charge is -2.22. The molecular weight excluding hydrogens is 218 g/mol. The molecular formula is C12H21N3O2. The highest BCUT2D eigenvalue weighted by atomic mass is 16.2. The first-order valence-electron chi connectivity index (χ1n) is 6.26. The number of rotatable bonds is 5. The fraction of sp³-hybridized carbons (Fsp3) is 0.833. The Morgan fingerprint density at radius 3 is 2.59 bits per heavy atom. The van der Waals surface area contributed by atoms with Crippen LogP contribution in [-0.4, -0.2) is 60.4 Å². The third-order valence-electron chi connectivity index (χ3n) is 3.64. The summed E-state index contributed by atoms with van der Waals surface area (Å²) in [6.07, 6.45) is 2.30. The number of imide groups is 1. The van der Waals surface area contributed by atoms with Gasteiger partial charge in [-0.15, -0.1) is 0 Å². The summed E-state index contributed by atoms with van der Waals surface area (Å²) in [6.45, 7) is 2.82. The lowest BCUT2D eigenvalue weighted by molar-refractivity contribution is -0.139. The van der Waals surface area contributed by atoms with E-state index in [0.717, 1.165) is 19.4 Å². The van der Waals surface area contributed by atoms with Gasteiger partial charge in [0.1, 0.15) is 0 Å². The molecule has 0 aromatic heterocycles. The molecule has 1 heterocycles. The molecule has 1 N–H and O–H groups in total. The summed E-state index contributed by atoms with van der Waals surface area (Å²) in [5.41, 5.74) is 0. The fourth-order valence-corrected chi connectivity index (χ4v) is 2.02. The van der Waals surface area contributed by atoms with E-state index in [4.69, 9.17) is 0 Å². The van der Waals surface area contributed by atoms with Gasteiger partial charge in [0, 0.05) is 18.6 Å². The van der Waals surface area contributed by atoms with Gasteiger partial charge in [0.25, 0.3) is 0 Å². The second kappa shape index (κ2) is 4.74. The fourth-order valence-electron chi connectivity index (χ4n) is 2.02. The van der Waals surface area contributed by atoms with Crippen LogP contribution in [0.1, 0.15) is 26.2 Å². The number of hydrogen-bond acceptors (Lipinski definition) is 4. The standard InChI is InChI=1S/C12H21N3O2/c1-8(14(2)3)7-13-10-6-11(16)15(12(10)17)9-4-5-9/h8-10,13H,4-7H2,1-3H3. The minimum absolute atomic E-state index is 0.00694. The van der Waals surface area contributed by atoms with Gasteiger partial charge in [0.2, 0.25) is 11.8 Å². The van der Waals surface area contributed by atoms with E-state index < -0.39 is 0 Å². The Hall–Kier alpha value is -0.940. The van der Waals surface area contributed by atoms with Crippen LogP contribution in [0.5, 0.6) is 0 Å². The van der Waals surface area contributed by atoms with Gasteiger partial charge < -0.3 is 10.2 Å². The van der Waals surface area contributed by atoms with Crippen molar-refractivity contribution >= 4 is 11.8 Å². The molecule has 5 nitrogen and oxygen atoms in total. The zero-order chi connectivity index (χ0) is 12.6. The average molecular weight is 239 g/mol. The molecule has 1 saturated heterocycles. The maximum absolute atomic E-state index is 12.0. The van der Waals surface area contributed by atoms with Gasteiger partial charge in [0.15, 0.2) is 0 Å². The van der Waals surface area contributed by atoms with E-state index in [2.05, 4.69) is 17.1 Å². The summed E-state index contributed by atoms with van der Waals surface area (Å²) in [4.78, 5) is 27.3. The second-order valence-electron chi connectivity index (χ2n) is 5.31. The normalized spacial score (nSPS) is 27.1. The summed E-state index contributed by atoms with van der Waals surface area (Å²) >= 11 is 0. The van der Waals surface area contributed by atoms with Crippen molar-refractivity contribution in [3.8, 4) is 0 Å². The van der Waals surface area contributed by atoms with Gasteiger partial charge in [0.05, 0.1) is 12.5 Å². The summed E-state index contributed by atoms with van der Waals surface area (Å²) in [6, 6.07) is 0.256. The van der Waals surface area contributed by atoms with E-state index >= 15 is 0 Å². The summed E-state index contributed by atoms with van der Waals surface area (Å²) in [7, 11) is 4.01. The number of carbonyl (C=O) groups is 2. The van der Waals surface area contributed by atoms with E-state index in [-0.39, 0.29) is 23.9 Å². The van der Waals surface area contributed by atoms with Crippen molar-refractivity contribution in [1.82, 2.24) is 15.1 Å². The minimum Gasteiger partial charge on any atom is -0.305 e. The van der Waals surface area contributed by atoms with Crippen LogP contribution in [-0.2, 0) is 9.59 Å². The topological polar surface area (TPSA) is 52.7 Å². The van der Waals surface area contributed by atoms with Crippen molar-refractivity contribution in [2.75, 3.05) is 20.6 Å². The van der Waals surface area contributed by atoms with E-state index in [1.54, 1.807) is 0 Å². The molecule has 0 spiro atoms. The van der Waals surface area contributed by atoms with Crippen molar-refractivity contribution in [2.45, 2.75) is 44.3 Å². The van der Waals surface area contributed by atoms with E-state index in [0.29, 0.717) is 12.5 Å². The van der Waals surface area contributed by atoms with Crippen LogP contribution >= 0.6 is 0 Å². The van der Waals surface area contributed by atoms with Crippen LogP contribution in [0.3, 0.4) is 0 Å². The van der Waals surface area contributed by atoms with Crippen molar-refractivity contribution in [1.29, 1.82) is 0 Å². The highest BCUT2D eigenvalue weighted by molar-refractivity contribution is 6.06. The molecule has 2 amide bonds. The molecule has 1 saturated carbocycles. The zero-order valence-corrected chi connectivity index (χ0v) is 10.8. The zero-order valence-electron chi connectivity index (χ0n) is 10.8. The Balaban J connectivity index is 1.86. The Morgan fingerprint density at radius 2 is 2.06 bits per heavy atom. The number of likely N-dealkylation sites (N-methyl/N-ethyl adjacent to an activating group) is 1. The minimum atomic E-state index is -0.300. The van der Waals surface area contributed by atoms with Crippen molar-refractivity contribution in [3.63, 3.8) is 0 Å². The lowest BCUT2D eigenvalue weighted by Crippen LogP contribution is -2.44. The van der Waals surface area contributed by atoms with Gasteiger partial charge >= 0.3 is 0 Å². The molecule has 1 aliphatic carbocycles. The van der Waals surface area contributed by atoms with Crippen LogP contribution < -0.4 is 5.32 Å². The Kier molecular flexibility index (Phi) is 3.49. The highest BCUT2D eigenvalue weighted by Gasteiger charge is 2.45. The molecule has 2 fully saturated rings. The highest BCUT2D eigenvalue weighted by Crippen LogP contribution is 2.31. The summed E-state index contributed by atoms with van der Waals surface area (Å²) < 4.78 is 0. The molecule has 96 valence electrons. The Morgan fingerprint density at radius 1 is 1.41 bits per heavy atom. The molecule has 1 aliphatic heterocycles. The molecule has 0 radical (unpaired) electrons. The monoisotopic (exact) mass is 239 g/mol. The van der Waals surface area contributed by atoms with E-state index in [9.17, 15) is 9.59 Å². The van der Waals surface area contributed by atoms with E-state index in [1.165, 1.54) is 4.90 Å². The van der Waals surface area contributed by atoms with Crippen LogP contribution in [0.25, 0.3) is 0 Å². The van der Waals surface area contributed by atoms with Crippen LogP contribution in [0.4, 0.5) is 0 Å². The maximum Gasteiger partial charge on any atom is 0.247 e. The third kappa shape index (κ3) is 2.66. The average Bonchev–Trinajstić information content (AvgIpc) is 3.03. The lowest BCUT2D eigenvalue weighted by atomic mass is 10.2. The third-order valence-corrected chi connectivity index (χ3v) is 3.64. The molecule has 2 rings (SSSR count). The molecule has 0 aromatic carbocycles. The molecule has 0 aromatic rings. The Bertz CT molecular complexity index is 326. The predicted octanol–water partition coefficient (Wildman–Crippen LogP) is -0.184. The van der Waals surface area contributed by atoms with Crippen LogP contribution in [0.2, 0.25) is 0 Å². The second-order valence-corrected chi connectivity index (χ2v) is 5.31. The van der Waals surface area contributed by atoms with Gasteiger partial charge in [-0.1, -0.05) is 0 Å². The van der Waals surface area contributed by atoms with Gasteiger partial charge in [-0.05, 0) is 33.9 Å². The molecule has 0 bridgehead atoms. The van der Waals surface area contributed by atoms with E-state index in [1.807, 2.05) is 14.1 Å². The largest absolute Gasteiger partial charge is 0.305 e. The van der Waals surface area contributed by atoms with Gasteiger partial charge in [-0.2, -0.15) is 0 Å². The molecule has 17 heavy (non-hydrogen) atoms. The van der Waals surface area contributed by atoms with Crippen molar-refractivity contribution in [2.24, 2.45) is 0 Å². The Labute approximate surface area is 102 Å². The quantitative estimate of drug-likeness (QED) is 0.676. The summed E-state index contributed by atoms with van der Waals surface area (Å²) in [5, 5.41) is 3.20. The molecule has 2 atom stereocenters. The van der Waals surface area contributed by atoms with Crippen molar-refractivity contribution in [3.05, 3.63) is 0 Å². The first-order chi connectivity index (χ1) is 8.00. The van der Waals surface area contributed by atoms with Gasteiger partial charge in [-0.25, -0.2) is 0 Å². The summed E-state index contributed by atoms with van der Waals surface area (Å²) in [5.74, 6) is -0.0315. The van der Waals surface area contributed by atoms with Gasteiger partial charge in [-0.3, -0.25) is 14.5 Å². The predicted molar refractivity (Wildman–Crippen MR) is 64.4 cm³/mol. The first kappa shape index (κ1) is 12.5. The number of nitrogens with one attached hydrogen (secondary N) is 1. The molecule has 5 heteroatoms. The SMILES string of the molecule is CC(CNC1CC(=O)N(C2CC2)C1=O)N(C)C. The molecule has 2 aliphatic rings. The van der Waals surface area contributed by atoms with Crippen molar-refractivity contribution < 1.29 is 9.59 Å². The number of amides is 2. The first-order valence-corrected chi connectivity index (χ1v) is 6.26. The number of carbonyl (C=O) groups excluding carboxylic acids is 2. The maximum atomic E-state index is 12.0.